The molecule has 1 heterocycles. The van der Waals surface area contributed by atoms with E-state index >= 15 is 0 Å². The Labute approximate surface area is 123 Å². The molecule has 0 fully saturated rings. The molecule has 0 radical (unpaired) electrons. The van der Waals surface area contributed by atoms with Gasteiger partial charge in [0.1, 0.15) is 0 Å². The summed E-state index contributed by atoms with van der Waals surface area (Å²) in [5.41, 5.74) is 11.0. The van der Waals surface area contributed by atoms with E-state index in [-0.39, 0.29) is 6.04 Å². The van der Waals surface area contributed by atoms with E-state index < -0.39 is 0 Å². The van der Waals surface area contributed by atoms with Crippen molar-refractivity contribution in [3.8, 4) is 0 Å². The topological polar surface area (TPSA) is 41.8 Å². The first-order valence-electron chi connectivity index (χ1n) is 7.14. The highest BCUT2D eigenvalue weighted by molar-refractivity contribution is 6.07. The lowest BCUT2D eigenvalue weighted by Gasteiger charge is -2.12. The van der Waals surface area contributed by atoms with Crippen LogP contribution in [0.1, 0.15) is 17.2 Å². The number of fused-ring (bicyclic) bond motifs is 3. The van der Waals surface area contributed by atoms with E-state index in [0.717, 1.165) is 22.2 Å². The Morgan fingerprint density at radius 1 is 0.667 bits per heavy atom. The van der Waals surface area contributed by atoms with Crippen molar-refractivity contribution in [2.75, 3.05) is 0 Å². The summed E-state index contributed by atoms with van der Waals surface area (Å²) in [6, 6.07) is 24.9. The number of H-pyrrole nitrogens is 1. The van der Waals surface area contributed by atoms with E-state index in [0.29, 0.717) is 0 Å². The number of rotatable bonds is 2. The van der Waals surface area contributed by atoms with Gasteiger partial charge >= 0.3 is 0 Å². The van der Waals surface area contributed by atoms with Gasteiger partial charge < -0.3 is 10.7 Å². The quantitative estimate of drug-likeness (QED) is 0.559. The highest BCUT2D eigenvalue weighted by atomic mass is 14.7. The highest BCUT2D eigenvalue weighted by Gasteiger charge is 2.11. The van der Waals surface area contributed by atoms with Crippen molar-refractivity contribution >= 4 is 21.8 Å². The third-order valence-electron chi connectivity index (χ3n) is 4.05. The summed E-state index contributed by atoms with van der Waals surface area (Å²) in [5, 5.41) is 2.48. The Morgan fingerprint density at radius 3 is 2.24 bits per heavy atom. The minimum absolute atomic E-state index is 0.0933. The first kappa shape index (κ1) is 12.2. The van der Waals surface area contributed by atoms with Crippen molar-refractivity contribution in [3.05, 3.63) is 83.9 Å². The van der Waals surface area contributed by atoms with E-state index in [1.165, 1.54) is 10.8 Å². The number of aromatic amines is 1. The minimum atomic E-state index is -0.0933. The third kappa shape index (κ3) is 2.01. The van der Waals surface area contributed by atoms with Gasteiger partial charge in [0.05, 0.1) is 6.04 Å². The van der Waals surface area contributed by atoms with Crippen LogP contribution in [0.25, 0.3) is 21.8 Å². The largest absolute Gasteiger partial charge is 0.355 e. The van der Waals surface area contributed by atoms with Crippen LogP contribution in [0.3, 0.4) is 0 Å². The molecule has 0 saturated heterocycles. The first-order valence-corrected chi connectivity index (χ1v) is 7.14. The van der Waals surface area contributed by atoms with Crippen LogP contribution in [-0.2, 0) is 0 Å². The zero-order chi connectivity index (χ0) is 14.2. The van der Waals surface area contributed by atoms with Gasteiger partial charge in [0.2, 0.25) is 0 Å². The number of para-hydroxylation sites is 1. The van der Waals surface area contributed by atoms with Crippen LogP contribution >= 0.6 is 0 Å². The molecule has 21 heavy (non-hydrogen) atoms. The van der Waals surface area contributed by atoms with Gasteiger partial charge in [0.15, 0.2) is 0 Å². The molecule has 1 aromatic heterocycles. The summed E-state index contributed by atoms with van der Waals surface area (Å²) < 4.78 is 0. The van der Waals surface area contributed by atoms with Crippen LogP contribution in [0.5, 0.6) is 0 Å². The Bertz CT molecular complexity index is 907. The number of nitrogens with one attached hydrogen (secondary N) is 1. The lowest BCUT2D eigenvalue weighted by molar-refractivity contribution is 0.873. The number of aromatic nitrogens is 1. The normalized spacial score (nSPS) is 12.8. The molecule has 0 bridgehead atoms. The zero-order valence-corrected chi connectivity index (χ0v) is 11.6. The fourth-order valence-electron chi connectivity index (χ4n) is 2.91. The molecule has 0 aliphatic heterocycles. The minimum Gasteiger partial charge on any atom is -0.355 e. The van der Waals surface area contributed by atoms with E-state index in [1.54, 1.807) is 0 Å². The van der Waals surface area contributed by atoms with Gasteiger partial charge in [-0.3, -0.25) is 0 Å². The molecule has 2 nitrogen and oxygen atoms in total. The Kier molecular flexibility index (Phi) is 2.76. The van der Waals surface area contributed by atoms with Crippen LogP contribution in [0.4, 0.5) is 0 Å². The summed E-state index contributed by atoms with van der Waals surface area (Å²) in [7, 11) is 0. The van der Waals surface area contributed by atoms with Crippen molar-refractivity contribution in [1.29, 1.82) is 0 Å². The fraction of sp³-hybridized carbons (Fsp3) is 0.0526. The molecule has 1 unspecified atom stereocenters. The van der Waals surface area contributed by atoms with Gasteiger partial charge in [-0.15, -0.1) is 0 Å². The Hall–Kier alpha value is -2.58. The van der Waals surface area contributed by atoms with Gasteiger partial charge in [-0.1, -0.05) is 54.6 Å². The van der Waals surface area contributed by atoms with Crippen LogP contribution in [0.15, 0.2) is 72.8 Å². The Balaban J connectivity index is 1.88. The van der Waals surface area contributed by atoms with Gasteiger partial charge in [-0.2, -0.15) is 0 Å². The molecular formula is C19H16N2. The van der Waals surface area contributed by atoms with Crippen molar-refractivity contribution < 1.29 is 0 Å². The molecule has 0 aliphatic carbocycles. The molecule has 2 heteroatoms. The Morgan fingerprint density at radius 2 is 1.38 bits per heavy atom. The van der Waals surface area contributed by atoms with E-state index in [9.17, 15) is 0 Å². The lowest BCUT2D eigenvalue weighted by atomic mass is 9.98. The number of nitrogens with two attached hydrogens (primary N) is 1. The molecule has 0 amide bonds. The monoisotopic (exact) mass is 272 g/mol. The molecule has 3 aromatic carbocycles. The molecular weight excluding hydrogens is 256 g/mol. The molecule has 4 rings (SSSR count). The number of hydrogen-bond donors (Lipinski definition) is 2. The van der Waals surface area contributed by atoms with Crippen LogP contribution in [0.2, 0.25) is 0 Å². The summed E-state index contributed by atoms with van der Waals surface area (Å²) >= 11 is 0. The number of benzene rings is 3. The maximum Gasteiger partial charge on any atom is 0.0551 e. The maximum absolute atomic E-state index is 6.41. The summed E-state index contributed by atoms with van der Waals surface area (Å²) in [4.78, 5) is 3.44. The molecule has 0 aliphatic rings. The lowest BCUT2D eigenvalue weighted by Crippen LogP contribution is -2.11. The van der Waals surface area contributed by atoms with Crippen molar-refractivity contribution in [2.45, 2.75) is 6.04 Å². The van der Waals surface area contributed by atoms with E-state index in [4.69, 9.17) is 5.73 Å². The van der Waals surface area contributed by atoms with Crippen LogP contribution in [0, 0.1) is 0 Å². The van der Waals surface area contributed by atoms with E-state index in [2.05, 4.69) is 53.5 Å². The van der Waals surface area contributed by atoms with Crippen LogP contribution in [-0.4, -0.2) is 4.98 Å². The average Bonchev–Trinajstić information content (AvgIpc) is 2.93. The summed E-state index contributed by atoms with van der Waals surface area (Å²) in [5.74, 6) is 0. The van der Waals surface area contributed by atoms with Gasteiger partial charge in [-0.25, -0.2) is 0 Å². The van der Waals surface area contributed by atoms with Gasteiger partial charge in [-0.05, 0) is 29.3 Å². The fourth-order valence-corrected chi connectivity index (χ4v) is 2.91. The smallest absolute Gasteiger partial charge is 0.0551 e. The van der Waals surface area contributed by atoms with Gasteiger partial charge in [0.25, 0.3) is 0 Å². The molecule has 0 spiro atoms. The highest BCUT2D eigenvalue weighted by Crippen LogP contribution is 2.29. The average molecular weight is 272 g/mol. The van der Waals surface area contributed by atoms with Gasteiger partial charge in [0, 0.05) is 21.8 Å². The summed E-state index contributed by atoms with van der Waals surface area (Å²) in [6.07, 6.45) is 0. The van der Waals surface area contributed by atoms with Crippen LogP contribution < -0.4 is 5.73 Å². The first-order chi connectivity index (χ1) is 10.3. The van der Waals surface area contributed by atoms with Crippen molar-refractivity contribution in [2.24, 2.45) is 5.73 Å². The second kappa shape index (κ2) is 4.76. The second-order valence-electron chi connectivity index (χ2n) is 5.36. The third-order valence-corrected chi connectivity index (χ3v) is 4.05. The maximum atomic E-state index is 6.41. The standard InChI is InChI=1S/C19H16N2/c20-19(13-6-2-1-3-7-13)14-10-11-18-16(12-14)15-8-4-5-9-17(15)21-18/h1-12,19,21H,20H2. The zero-order valence-electron chi connectivity index (χ0n) is 11.6. The predicted octanol–water partition coefficient (Wildman–Crippen LogP) is 4.37. The SMILES string of the molecule is NC(c1ccccc1)c1ccc2[nH]c3ccccc3c2c1. The molecule has 3 N–H and O–H groups in total. The molecule has 1 atom stereocenters. The molecule has 0 saturated carbocycles. The molecule has 102 valence electrons. The van der Waals surface area contributed by atoms with Crippen molar-refractivity contribution in [1.82, 2.24) is 4.98 Å². The van der Waals surface area contributed by atoms with E-state index in [1.807, 2.05) is 24.3 Å². The number of hydrogen-bond acceptors (Lipinski definition) is 1. The van der Waals surface area contributed by atoms with Crippen molar-refractivity contribution in [3.63, 3.8) is 0 Å². The predicted molar refractivity (Wildman–Crippen MR) is 88.3 cm³/mol. The second-order valence-corrected chi connectivity index (χ2v) is 5.36. The summed E-state index contributed by atoms with van der Waals surface area (Å²) in [6.45, 7) is 0. The molecule has 4 aromatic rings.